The largest absolute Gasteiger partial charge is 0.497 e. The molecule has 2 atom stereocenters. The van der Waals surface area contributed by atoms with Gasteiger partial charge < -0.3 is 24.2 Å². The maximum atomic E-state index is 13.3. The van der Waals surface area contributed by atoms with E-state index < -0.39 is 0 Å². The molecule has 1 aliphatic heterocycles. The number of piperidine rings is 1. The normalized spacial score (nSPS) is 19.7. The molecule has 0 saturated carbocycles. The molecule has 1 aromatic rings. The van der Waals surface area contributed by atoms with E-state index in [1.54, 1.807) is 30.1 Å². The molecule has 28 heavy (non-hydrogen) atoms. The maximum Gasteiger partial charge on any atom is 0.227 e. The first-order chi connectivity index (χ1) is 13.3. The third-order valence-electron chi connectivity index (χ3n) is 5.38. The van der Waals surface area contributed by atoms with Gasteiger partial charge in [0, 0.05) is 44.7 Å². The first-order valence-corrected chi connectivity index (χ1v) is 9.75. The zero-order valence-electron chi connectivity index (χ0n) is 17.9. The summed E-state index contributed by atoms with van der Waals surface area (Å²) >= 11 is 0. The fourth-order valence-corrected chi connectivity index (χ4v) is 3.78. The summed E-state index contributed by atoms with van der Waals surface area (Å²) in [4.78, 5) is 31.5. The number of ether oxygens (including phenoxy) is 2. The van der Waals surface area contributed by atoms with E-state index in [-0.39, 0.29) is 23.8 Å². The molecule has 156 valence electrons. The number of nitrogens with zero attached hydrogens (tertiary/aromatic N) is 3. The van der Waals surface area contributed by atoms with Gasteiger partial charge in [-0.15, -0.1) is 0 Å². The molecule has 1 aliphatic rings. The Morgan fingerprint density at radius 1 is 1.18 bits per heavy atom. The molecule has 1 saturated heterocycles. The highest BCUT2D eigenvalue weighted by Crippen LogP contribution is 2.42. The van der Waals surface area contributed by atoms with E-state index in [1.165, 1.54) is 0 Å². The van der Waals surface area contributed by atoms with Crippen molar-refractivity contribution in [3.63, 3.8) is 0 Å². The molecule has 1 fully saturated rings. The maximum absolute atomic E-state index is 13.3. The van der Waals surface area contributed by atoms with Crippen LogP contribution < -0.4 is 9.47 Å². The summed E-state index contributed by atoms with van der Waals surface area (Å²) in [6, 6.07) is 5.21. The van der Waals surface area contributed by atoms with Gasteiger partial charge in [-0.2, -0.15) is 0 Å². The Hall–Kier alpha value is -2.28. The molecule has 0 unspecified atom stereocenters. The van der Waals surface area contributed by atoms with Gasteiger partial charge in [0.2, 0.25) is 11.8 Å². The SMILES string of the molecule is CCN1C(=O)CC[C@@H](C(=O)N(C)CCN(C)C)[C@@H]1c1ccc(OC)cc1OC. The predicted molar refractivity (Wildman–Crippen MR) is 109 cm³/mol. The Balaban J connectivity index is 2.41. The van der Waals surface area contributed by atoms with Crippen molar-refractivity contribution in [2.24, 2.45) is 5.92 Å². The Morgan fingerprint density at radius 3 is 2.46 bits per heavy atom. The van der Waals surface area contributed by atoms with Crippen LogP contribution in [0.2, 0.25) is 0 Å². The standard InChI is InChI=1S/C21H33N3O4/c1-7-24-19(25)11-10-17(21(26)23(4)13-12-22(2)3)20(24)16-9-8-15(27-5)14-18(16)28-6/h8-9,14,17,20H,7,10-13H2,1-6H3/t17-,20+/m1/s1. The van der Waals surface area contributed by atoms with Gasteiger partial charge in [-0.3, -0.25) is 9.59 Å². The highest BCUT2D eigenvalue weighted by molar-refractivity contribution is 5.85. The predicted octanol–water partition coefficient (Wildman–Crippen LogP) is 2.02. The fraction of sp³-hybridized carbons (Fsp3) is 0.619. The van der Waals surface area contributed by atoms with Crippen LogP contribution in [-0.2, 0) is 9.59 Å². The number of benzene rings is 1. The summed E-state index contributed by atoms with van der Waals surface area (Å²) < 4.78 is 10.9. The van der Waals surface area contributed by atoms with Crippen LogP contribution in [-0.4, -0.2) is 81.5 Å². The van der Waals surface area contributed by atoms with Crippen molar-refractivity contribution < 1.29 is 19.1 Å². The molecular weight excluding hydrogens is 358 g/mol. The van der Waals surface area contributed by atoms with Crippen molar-refractivity contribution in [1.29, 1.82) is 0 Å². The van der Waals surface area contributed by atoms with Crippen molar-refractivity contribution in [3.05, 3.63) is 23.8 Å². The van der Waals surface area contributed by atoms with Gasteiger partial charge in [-0.25, -0.2) is 0 Å². The van der Waals surface area contributed by atoms with Crippen LogP contribution in [0.1, 0.15) is 31.4 Å². The molecule has 1 heterocycles. The number of carbonyl (C=O) groups excluding carboxylic acids is 2. The summed E-state index contributed by atoms with van der Waals surface area (Å²) in [5, 5.41) is 0. The number of rotatable bonds is 8. The molecule has 0 spiro atoms. The number of amides is 2. The number of likely N-dealkylation sites (tertiary alicyclic amines) is 1. The Labute approximate surface area is 168 Å². The number of likely N-dealkylation sites (N-methyl/N-ethyl adjacent to an activating group) is 2. The van der Waals surface area contributed by atoms with E-state index in [0.29, 0.717) is 37.4 Å². The molecule has 0 bridgehead atoms. The Kier molecular flexibility index (Phi) is 7.69. The summed E-state index contributed by atoms with van der Waals surface area (Å²) in [6.07, 6.45) is 0.932. The minimum absolute atomic E-state index is 0.0654. The summed E-state index contributed by atoms with van der Waals surface area (Å²) in [6.45, 7) is 3.93. The third-order valence-corrected chi connectivity index (χ3v) is 5.38. The molecule has 2 amide bonds. The average molecular weight is 392 g/mol. The van der Waals surface area contributed by atoms with E-state index in [9.17, 15) is 9.59 Å². The van der Waals surface area contributed by atoms with E-state index in [0.717, 1.165) is 12.1 Å². The van der Waals surface area contributed by atoms with Crippen molar-refractivity contribution in [2.45, 2.75) is 25.8 Å². The van der Waals surface area contributed by atoms with Crippen LogP contribution in [0.25, 0.3) is 0 Å². The lowest BCUT2D eigenvalue weighted by Crippen LogP contribution is -2.49. The van der Waals surface area contributed by atoms with Gasteiger partial charge in [-0.05, 0) is 39.6 Å². The third kappa shape index (κ3) is 4.76. The summed E-state index contributed by atoms with van der Waals surface area (Å²) in [5.41, 5.74) is 0.845. The first-order valence-electron chi connectivity index (χ1n) is 9.75. The molecule has 0 N–H and O–H groups in total. The van der Waals surface area contributed by atoms with Crippen molar-refractivity contribution >= 4 is 11.8 Å². The van der Waals surface area contributed by atoms with E-state index in [2.05, 4.69) is 4.90 Å². The highest BCUT2D eigenvalue weighted by Gasteiger charge is 2.42. The van der Waals surface area contributed by atoms with E-state index in [4.69, 9.17) is 9.47 Å². The van der Waals surface area contributed by atoms with Crippen molar-refractivity contribution in [2.75, 3.05) is 55.0 Å². The molecule has 0 aliphatic carbocycles. The van der Waals surface area contributed by atoms with E-state index in [1.807, 2.05) is 40.2 Å². The minimum atomic E-state index is -0.346. The fourth-order valence-electron chi connectivity index (χ4n) is 3.78. The molecule has 0 radical (unpaired) electrons. The highest BCUT2D eigenvalue weighted by atomic mass is 16.5. The quantitative estimate of drug-likeness (QED) is 0.679. The number of methoxy groups -OCH3 is 2. The van der Waals surface area contributed by atoms with Gasteiger partial charge in [0.25, 0.3) is 0 Å². The molecule has 7 nitrogen and oxygen atoms in total. The summed E-state index contributed by atoms with van der Waals surface area (Å²) in [7, 11) is 9.01. The monoisotopic (exact) mass is 391 g/mol. The van der Waals surface area contributed by atoms with Crippen LogP contribution >= 0.6 is 0 Å². The molecular formula is C21H33N3O4. The number of hydrogen-bond donors (Lipinski definition) is 0. The second kappa shape index (κ2) is 9.78. The van der Waals surface area contributed by atoms with Gasteiger partial charge in [0.15, 0.2) is 0 Å². The minimum Gasteiger partial charge on any atom is -0.497 e. The van der Waals surface area contributed by atoms with Crippen molar-refractivity contribution in [3.8, 4) is 11.5 Å². The lowest BCUT2D eigenvalue weighted by Gasteiger charge is -2.42. The number of carbonyl (C=O) groups is 2. The Bertz CT molecular complexity index is 692. The van der Waals surface area contributed by atoms with Crippen LogP contribution in [0.5, 0.6) is 11.5 Å². The van der Waals surface area contributed by atoms with Crippen LogP contribution in [0.4, 0.5) is 0 Å². The summed E-state index contributed by atoms with van der Waals surface area (Å²) in [5.74, 6) is 1.15. The zero-order valence-corrected chi connectivity index (χ0v) is 17.9. The second-order valence-corrected chi connectivity index (χ2v) is 7.44. The van der Waals surface area contributed by atoms with Crippen LogP contribution in [0.3, 0.4) is 0 Å². The van der Waals surface area contributed by atoms with Crippen LogP contribution in [0, 0.1) is 5.92 Å². The van der Waals surface area contributed by atoms with E-state index >= 15 is 0 Å². The van der Waals surface area contributed by atoms with Crippen molar-refractivity contribution in [1.82, 2.24) is 14.7 Å². The smallest absolute Gasteiger partial charge is 0.227 e. The van der Waals surface area contributed by atoms with Gasteiger partial charge in [0.1, 0.15) is 11.5 Å². The molecule has 7 heteroatoms. The lowest BCUT2D eigenvalue weighted by atomic mass is 9.82. The average Bonchev–Trinajstić information content (AvgIpc) is 2.70. The molecule has 1 aromatic carbocycles. The molecule has 2 rings (SSSR count). The van der Waals surface area contributed by atoms with Gasteiger partial charge in [0.05, 0.1) is 26.2 Å². The van der Waals surface area contributed by atoms with Gasteiger partial charge in [-0.1, -0.05) is 0 Å². The first kappa shape index (κ1) is 22.0. The Morgan fingerprint density at radius 2 is 1.89 bits per heavy atom. The topological polar surface area (TPSA) is 62.3 Å². The lowest BCUT2D eigenvalue weighted by molar-refractivity contribution is -0.147. The molecule has 0 aromatic heterocycles. The zero-order chi connectivity index (χ0) is 20.8. The number of hydrogen-bond acceptors (Lipinski definition) is 5. The second-order valence-electron chi connectivity index (χ2n) is 7.44. The van der Waals surface area contributed by atoms with Crippen LogP contribution in [0.15, 0.2) is 18.2 Å². The van der Waals surface area contributed by atoms with Gasteiger partial charge >= 0.3 is 0 Å².